The van der Waals surface area contributed by atoms with Gasteiger partial charge in [-0.25, -0.2) is 0 Å². The Morgan fingerprint density at radius 3 is 2.39 bits per heavy atom. The first kappa shape index (κ1) is 22.7. The zero-order chi connectivity index (χ0) is 22.0. The number of hydrogen-bond donors (Lipinski definition) is 2. The third-order valence-electron chi connectivity index (χ3n) is 7.32. The highest BCUT2D eigenvalue weighted by Gasteiger charge is 2.37. The van der Waals surface area contributed by atoms with Gasteiger partial charge in [-0.3, -0.25) is 9.59 Å². The van der Waals surface area contributed by atoms with Crippen LogP contribution in [-0.2, 0) is 9.59 Å². The van der Waals surface area contributed by atoms with Crippen LogP contribution < -0.4 is 4.90 Å². The van der Waals surface area contributed by atoms with Gasteiger partial charge >= 0.3 is 0 Å². The van der Waals surface area contributed by atoms with E-state index in [-0.39, 0.29) is 23.7 Å². The molecule has 0 bridgehead atoms. The van der Waals surface area contributed by atoms with Crippen LogP contribution in [0.5, 0.6) is 0 Å². The van der Waals surface area contributed by atoms with E-state index in [0.29, 0.717) is 42.2 Å². The number of allylic oxidation sites excluding steroid dienone is 2. The summed E-state index contributed by atoms with van der Waals surface area (Å²) < 4.78 is 0. The van der Waals surface area contributed by atoms with Crippen LogP contribution in [0.2, 0.25) is 0 Å². The number of carbonyl (C=O) groups is 2. The third kappa shape index (κ3) is 5.12. The number of amides is 1. The Kier molecular flexibility index (Phi) is 7.29. The summed E-state index contributed by atoms with van der Waals surface area (Å²) in [5.41, 5.74) is 1.91. The topological polar surface area (TPSA) is 77.8 Å². The van der Waals surface area contributed by atoms with Gasteiger partial charge in [0.1, 0.15) is 5.78 Å². The Labute approximate surface area is 189 Å². The molecule has 1 heterocycles. The van der Waals surface area contributed by atoms with Crippen molar-refractivity contribution in [2.45, 2.75) is 96.3 Å². The second kappa shape index (κ2) is 9.97. The normalized spacial score (nSPS) is 25.5. The van der Waals surface area contributed by atoms with Gasteiger partial charge in [-0.05, 0) is 81.8 Å². The number of hydrogen-bond acceptors (Lipinski definition) is 5. The van der Waals surface area contributed by atoms with Crippen LogP contribution in [0.3, 0.4) is 0 Å². The fourth-order valence-electron chi connectivity index (χ4n) is 5.37. The van der Waals surface area contributed by atoms with Crippen LogP contribution in [-0.4, -0.2) is 27.9 Å². The molecule has 0 atom stereocenters. The van der Waals surface area contributed by atoms with E-state index in [1.54, 1.807) is 0 Å². The number of nitrogens with zero attached hydrogens (tertiary/aromatic N) is 1. The largest absolute Gasteiger partial charge is 0.364 e. The Morgan fingerprint density at radius 2 is 1.77 bits per heavy atom. The Bertz CT molecular complexity index is 825. The van der Waals surface area contributed by atoms with Crippen LogP contribution >= 0.6 is 11.3 Å². The van der Waals surface area contributed by atoms with Gasteiger partial charge in [0, 0.05) is 29.7 Å². The van der Waals surface area contributed by atoms with Gasteiger partial charge in [0.25, 0.3) is 0 Å². The maximum Gasteiger partial charge on any atom is 0.230 e. The van der Waals surface area contributed by atoms with Gasteiger partial charge < -0.3 is 15.1 Å². The molecule has 0 unspecified atom stereocenters. The number of thiophene rings is 1. The molecular weight excluding hydrogens is 410 g/mol. The van der Waals surface area contributed by atoms with E-state index in [0.717, 1.165) is 49.8 Å². The molecule has 0 aliphatic heterocycles. The van der Waals surface area contributed by atoms with E-state index in [1.807, 2.05) is 11.0 Å². The molecule has 6 heteroatoms. The van der Waals surface area contributed by atoms with Gasteiger partial charge in [-0.1, -0.05) is 13.0 Å². The number of aliphatic hydroxyl groups is 2. The van der Waals surface area contributed by atoms with Gasteiger partial charge in [0.15, 0.2) is 6.29 Å². The maximum atomic E-state index is 13.8. The number of rotatable bonds is 5. The minimum absolute atomic E-state index is 0.0187. The van der Waals surface area contributed by atoms with Gasteiger partial charge in [-0.2, -0.15) is 0 Å². The molecule has 0 saturated heterocycles. The second-order valence-electron chi connectivity index (χ2n) is 9.64. The number of ketones is 1. The molecule has 31 heavy (non-hydrogen) atoms. The van der Waals surface area contributed by atoms with Gasteiger partial charge in [0.05, 0.1) is 10.6 Å². The lowest BCUT2D eigenvalue weighted by Crippen LogP contribution is -2.46. The summed E-state index contributed by atoms with van der Waals surface area (Å²) >= 11 is 1.40. The van der Waals surface area contributed by atoms with Crippen LogP contribution in [0.4, 0.5) is 5.69 Å². The van der Waals surface area contributed by atoms with Crippen molar-refractivity contribution in [2.75, 3.05) is 4.90 Å². The summed E-state index contributed by atoms with van der Waals surface area (Å²) in [4.78, 5) is 29.0. The molecule has 3 aliphatic rings. The summed E-state index contributed by atoms with van der Waals surface area (Å²) in [5, 5.41) is 20.4. The minimum atomic E-state index is -1.61. The highest BCUT2D eigenvalue weighted by molar-refractivity contribution is 7.13. The fourth-order valence-corrected chi connectivity index (χ4v) is 6.46. The molecule has 2 saturated carbocycles. The summed E-state index contributed by atoms with van der Waals surface area (Å²) in [6.07, 6.45) is 11.2. The molecule has 1 aromatic heterocycles. The lowest BCUT2D eigenvalue weighted by atomic mass is 9.81. The summed E-state index contributed by atoms with van der Waals surface area (Å²) in [6, 6.07) is 1.96. The van der Waals surface area contributed by atoms with Crippen molar-refractivity contribution in [3.63, 3.8) is 0 Å². The minimum Gasteiger partial charge on any atom is -0.364 e. The quantitative estimate of drug-likeness (QED) is 0.598. The zero-order valence-electron chi connectivity index (χ0n) is 18.5. The summed E-state index contributed by atoms with van der Waals surface area (Å²) in [7, 11) is 0. The predicted octanol–water partition coefficient (Wildman–Crippen LogP) is 5.36. The number of carbonyl (C=O) groups excluding carboxylic acids is 2. The maximum absolute atomic E-state index is 13.8. The second-order valence-corrected chi connectivity index (χ2v) is 10.7. The SMILES string of the molecule is CC1CCC(C(=O)N(c2cc(C3=CCCCC3)sc2C(O)O)C2CCC(=O)CC2)CC1. The number of aliphatic hydroxyl groups excluding tert-OH is 1. The van der Waals surface area contributed by atoms with Crippen molar-refractivity contribution in [2.24, 2.45) is 11.8 Å². The van der Waals surface area contributed by atoms with Crippen LogP contribution in [0.1, 0.15) is 100 Å². The van der Waals surface area contributed by atoms with Crippen molar-refractivity contribution in [3.05, 3.63) is 21.9 Å². The van der Waals surface area contributed by atoms with Crippen molar-refractivity contribution in [1.82, 2.24) is 0 Å². The van der Waals surface area contributed by atoms with E-state index < -0.39 is 6.29 Å². The molecule has 1 aromatic rings. The molecule has 4 rings (SSSR count). The van der Waals surface area contributed by atoms with E-state index in [1.165, 1.54) is 23.3 Å². The predicted molar refractivity (Wildman–Crippen MR) is 124 cm³/mol. The zero-order valence-corrected chi connectivity index (χ0v) is 19.3. The van der Waals surface area contributed by atoms with Gasteiger partial charge in [-0.15, -0.1) is 11.3 Å². The molecule has 2 fully saturated rings. The van der Waals surface area contributed by atoms with Crippen LogP contribution in [0.15, 0.2) is 12.1 Å². The standard InChI is InChI=1S/C25H35NO4S/c1-16-7-9-18(10-8-16)24(28)26(19-11-13-20(27)14-12-19)21-15-22(31-23(21)25(29)30)17-5-3-2-4-6-17/h5,15-16,18-19,25,29-30H,2-4,6-14H2,1H3. The van der Waals surface area contributed by atoms with Gasteiger partial charge in [0.2, 0.25) is 5.91 Å². The lowest BCUT2D eigenvalue weighted by Gasteiger charge is -2.38. The Hall–Kier alpha value is -1.50. The first-order valence-electron chi connectivity index (χ1n) is 12.0. The molecule has 170 valence electrons. The van der Waals surface area contributed by atoms with Crippen molar-refractivity contribution in [3.8, 4) is 0 Å². The Balaban J connectivity index is 1.70. The fraction of sp³-hybridized carbons (Fsp3) is 0.680. The molecule has 0 radical (unpaired) electrons. The van der Waals surface area contributed by atoms with E-state index in [2.05, 4.69) is 13.0 Å². The smallest absolute Gasteiger partial charge is 0.230 e. The molecule has 5 nitrogen and oxygen atoms in total. The average Bonchev–Trinajstić information content (AvgIpc) is 3.22. The first-order valence-corrected chi connectivity index (χ1v) is 12.8. The molecule has 0 aromatic carbocycles. The number of Topliss-reactive ketones (excluding diaryl/α,β-unsaturated/α-hetero) is 1. The van der Waals surface area contributed by atoms with E-state index >= 15 is 0 Å². The summed E-state index contributed by atoms with van der Waals surface area (Å²) in [5.74, 6) is 1.01. The average molecular weight is 446 g/mol. The Morgan fingerprint density at radius 1 is 1.06 bits per heavy atom. The van der Waals surface area contributed by atoms with E-state index in [9.17, 15) is 19.8 Å². The lowest BCUT2D eigenvalue weighted by molar-refractivity contribution is -0.125. The van der Waals surface area contributed by atoms with Crippen molar-refractivity contribution in [1.29, 1.82) is 0 Å². The number of anilines is 1. The van der Waals surface area contributed by atoms with E-state index in [4.69, 9.17) is 0 Å². The highest BCUT2D eigenvalue weighted by atomic mass is 32.1. The first-order chi connectivity index (χ1) is 14.9. The van der Waals surface area contributed by atoms with Crippen molar-refractivity contribution < 1.29 is 19.8 Å². The molecular formula is C25H35NO4S. The van der Waals surface area contributed by atoms with Crippen LogP contribution in [0.25, 0.3) is 5.57 Å². The summed E-state index contributed by atoms with van der Waals surface area (Å²) in [6.45, 7) is 2.24. The highest BCUT2D eigenvalue weighted by Crippen LogP contribution is 2.43. The van der Waals surface area contributed by atoms with Crippen LogP contribution in [0, 0.1) is 11.8 Å². The third-order valence-corrected chi connectivity index (χ3v) is 8.56. The molecule has 3 aliphatic carbocycles. The molecule has 2 N–H and O–H groups in total. The van der Waals surface area contributed by atoms with Crippen molar-refractivity contribution >= 4 is 34.3 Å². The monoisotopic (exact) mass is 445 g/mol. The molecule has 0 spiro atoms. The molecule has 1 amide bonds.